The van der Waals surface area contributed by atoms with E-state index in [0.717, 1.165) is 49.1 Å². The monoisotopic (exact) mass is 553 g/mol. The topological polar surface area (TPSA) is 75.4 Å². The van der Waals surface area contributed by atoms with Gasteiger partial charge in [0.15, 0.2) is 5.78 Å². The molecule has 0 bridgehead atoms. The first-order valence-corrected chi connectivity index (χ1v) is 13.9. The molecular weight excluding hydrogens is 519 g/mol. The van der Waals surface area contributed by atoms with E-state index in [9.17, 15) is 27.9 Å². The average Bonchev–Trinajstić information content (AvgIpc) is 3.66. The Morgan fingerprint density at radius 3 is 2.42 bits per heavy atom. The third kappa shape index (κ3) is 6.46. The summed E-state index contributed by atoms with van der Waals surface area (Å²) in [5, 5.41) is 11.3. The second-order valence-electron chi connectivity index (χ2n) is 11.2. The first-order chi connectivity index (χ1) is 19.1. The molecule has 40 heavy (non-hydrogen) atoms. The van der Waals surface area contributed by atoms with Gasteiger partial charge in [-0.1, -0.05) is 24.3 Å². The zero-order valence-electron chi connectivity index (χ0n) is 22.3. The van der Waals surface area contributed by atoms with Gasteiger partial charge in [-0.2, -0.15) is 13.2 Å². The van der Waals surface area contributed by atoms with Crippen LogP contribution >= 0.6 is 0 Å². The highest BCUT2D eigenvalue weighted by Gasteiger charge is 2.37. The van der Waals surface area contributed by atoms with Gasteiger partial charge in [0.1, 0.15) is 0 Å². The molecule has 1 saturated heterocycles. The van der Waals surface area contributed by atoms with Gasteiger partial charge in [0.05, 0.1) is 17.5 Å². The van der Waals surface area contributed by atoms with Crippen LogP contribution in [0.2, 0.25) is 0 Å². The van der Waals surface area contributed by atoms with Gasteiger partial charge in [0, 0.05) is 49.6 Å². The summed E-state index contributed by atoms with van der Waals surface area (Å²) in [7, 11) is 0. The maximum atomic E-state index is 12.9. The van der Waals surface area contributed by atoms with Crippen LogP contribution in [-0.2, 0) is 16.6 Å². The highest BCUT2D eigenvalue weighted by Crippen LogP contribution is 2.42. The number of likely N-dealkylation sites (tertiary alicyclic amines) is 1. The summed E-state index contributed by atoms with van der Waals surface area (Å²) in [5.41, 5.74) is 0.226. The smallest absolute Gasteiger partial charge is 0.385 e. The van der Waals surface area contributed by atoms with Gasteiger partial charge in [-0.05, 0) is 80.2 Å². The van der Waals surface area contributed by atoms with Crippen LogP contribution in [0.4, 0.5) is 13.2 Å². The quantitative estimate of drug-likeness (QED) is 0.339. The van der Waals surface area contributed by atoms with E-state index in [0.29, 0.717) is 37.8 Å². The Balaban J connectivity index is 1.06. The van der Waals surface area contributed by atoms with Crippen LogP contribution in [0.1, 0.15) is 72.9 Å². The van der Waals surface area contributed by atoms with Crippen molar-refractivity contribution in [3.63, 3.8) is 0 Å². The fraction of sp³-hybridized carbons (Fsp3) is 0.452. The molecule has 2 heterocycles. The summed E-state index contributed by atoms with van der Waals surface area (Å²) in [5.74, 6) is 0.294. The number of alkyl halides is 3. The normalized spacial score (nSPS) is 23.4. The molecule has 2 aromatic carbocycles. The van der Waals surface area contributed by atoms with Crippen molar-refractivity contribution >= 4 is 11.7 Å². The number of hydrogen-bond donors (Lipinski definition) is 1. The minimum Gasteiger partial charge on any atom is -0.385 e. The van der Waals surface area contributed by atoms with E-state index in [1.165, 1.54) is 12.1 Å². The van der Waals surface area contributed by atoms with Crippen molar-refractivity contribution in [3.8, 4) is 5.69 Å². The Morgan fingerprint density at radius 2 is 1.75 bits per heavy atom. The number of aromatic nitrogens is 2. The largest absolute Gasteiger partial charge is 0.416 e. The molecule has 2 fully saturated rings. The van der Waals surface area contributed by atoms with Crippen LogP contribution in [0.25, 0.3) is 5.69 Å². The van der Waals surface area contributed by atoms with Crippen LogP contribution in [0.3, 0.4) is 0 Å². The van der Waals surface area contributed by atoms with Crippen LogP contribution in [0, 0.1) is 11.8 Å². The van der Waals surface area contributed by atoms with Crippen molar-refractivity contribution in [1.82, 2.24) is 14.5 Å². The number of Topliss-reactive ketones (excluding diaryl/α,β-unsaturated/α-hetero) is 1. The summed E-state index contributed by atoms with van der Waals surface area (Å²) in [6.07, 6.45) is 5.90. The van der Waals surface area contributed by atoms with Gasteiger partial charge >= 0.3 is 6.18 Å². The van der Waals surface area contributed by atoms with Crippen molar-refractivity contribution in [2.24, 2.45) is 11.8 Å². The number of aliphatic hydroxyl groups is 1. The summed E-state index contributed by atoms with van der Waals surface area (Å²) in [4.78, 5) is 31.0. The fourth-order valence-corrected chi connectivity index (χ4v) is 6.15. The molecule has 212 valence electrons. The Hall–Kier alpha value is -3.46. The average molecular weight is 554 g/mol. The lowest BCUT2D eigenvalue weighted by atomic mass is 9.73. The maximum Gasteiger partial charge on any atom is 0.416 e. The number of carbonyl (C=O) groups is 2. The highest BCUT2D eigenvalue weighted by molar-refractivity contribution is 5.98. The molecule has 0 spiro atoms. The number of carbonyl (C=O) groups excluding carboxylic acids is 2. The molecule has 1 amide bonds. The molecular formula is C31H34F3N3O3. The molecule has 2 aliphatic rings. The first kappa shape index (κ1) is 28.1. The molecule has 6 nitrogen and oxygen atoms in total. The SMILES string of the molecule is O=C(CCC(=O)N1CC[C@H](CC2CCC(O)(c3ccc(-n4ccnc4)cc3)CC2)C1)c1cccc(C(F)(F)F)c1. The summed E-state index contributed by atoms with van der Waals surface area (Å²) < 4.78 is 40.7. The van der Waals surface area contributed by atoms with E-state index >= 15 is 0 Å². The van der Waals surface area contributed by atoms with E-state index in [2.05, 4.69) is 4.98 Å². The third-order valence-corrected chi connectivity index (χ3v) is 8.52. The number of halogens is 3. The summed E-state index contributed by atoms with van der Waals surface area (Å²) >= 11 is 0. The fourth-order valence-electron chi connectivity index (χ4n) is 6.15. The summed E-state index contributed by atoms with van der Waals surface area (Å²) in [6, 6.07) is 12.3. The number of nitrogens with zero attached hydrogens (tertiary/aromatic N) is 3. The predicted molar refractivity (Wildman–Crippen MR) is 144 cm³/mol. The van der Waals surface area contributed by atoms with Gasteiger partial charge < -0.3 is 14.6 Å². The molecule has 0 unspecified atom stereocenters. The van der Waals surface area contributed by atoms with Gasteiger partial charge in [-0.15, -0.1) is 0 Å². The lowest BCUT2D eigenvalue weighted by Gasteiger charge is -2.37. The Kier molecular flexibility index (Phi) is 8.12. The molecule has 5 rings (SSSR count). The van der Waals surface area contributed by atoms with E-state index in [-0.39, 0.29) is 24.3 Å². The summed E-state index contributed by atoms with van der Waals surface area (Å²) in [6.45, 7) is 1.29. The molecule has 1 aliphatic carbocycles. The van der Waals surface area contributed by atoms with Gasteiger partial charge in [-0.3, -0.25) is 9.59 Å². The molecule has 1 aliphatic heterocycles. The maximum absolute atomic E-state index is 12.9. The number of ketones is 1. The predicted octanol–water partition coefficient (Wildman–Crippen LogP) is 6.17. The van der Waals surface area contributed by atoms with Crippen LogP contribution in [-0.4, -0.2) is 44.3 Å². The van der Waals surface area contributed by atoms with E-state index in [1.807, 2.05) is 35.0 Å². The van der Waals surface area contributed by atoms with Crippen LogP contribution in [0.15, 0.2) is 67.3 Å². The number of hydrogen-bond acceptors (Lipinski definition) is 4. The zero-order valence-corrected chi connectivity index (χ0v) is 22.3. The van der Waals surface area contributed by atoms with E-state index in [4.69, 9.17) is 0 Å². The molecule has 9 heteroatoms. The van der Waals surface area contributed by atoms with Crippen molar-refractivity contribution < 1.29 is 27.9 Å². The Morgan fingerprint density at radius 1 is 1.00 bits per heavy atom. The molecule has 1 N–H and O–H groups in total. The number of benzene rings is 2. The number of rotatable bonds is 8. The van der Waals surface area contributed by atoms with Crippen LogP contribution in [0.5, 0.6) is 0 Å². The standard InChI is InChI=1S/C31H34F3N3O3/c32-31(33,34)26-3-1-2-24(19-26)28(38)8-9-29(39)36-16-12-23(20-36)18-22-10-13-30(40,14-11-22)25-4-6-27(7-5-25)37-17-15-35-21-37/h1-7,15,17,19,21-23,40H,8-14,16,18,20H2/t22?,23-,30?/m1/s1. The minimum atomic E-state index is -4.51. The van der Waals surface area contributed by atoms with E-state index in [1.54, 1.807) is 17.4 Å². The van der Waals surface area contributed by atoms with Crippen molar-refractivity contribution in [2.75, 3.05) is 13.1 Å². The third-order valence-electron chi connectivity index (χ3n) is 8.52. The van der Waals surface area contributed by atoms with Crippen molar-refractivity contribution in [2.45, 2.75) is 63.1 Å². The second kappa shape index (κ2) is 11.6. The Bertz CT molecular complexity index is 1310. The molecule has 0 radical (unpaired) electrons. The molecule has 1 atom stereocenters. The molecule has 1 aromatic heterocycles. The number of imidazole rings is 1. The minimum absolute atomic E-state index is 0.00209. The highest BCUT2D eigenvalue weighted by atomic mass is 19.4. The second-order valence-corrected chi connectivity index (χ2v) is 11.2. The lowest BCUT2D eigenvalue weighted by molar-refractivity contribution is -0.137. The van der Waals surface area contributed by atoms with Gasteiger partial charge in [0.25, 0.3) is 0 Å². The number of amides is 1. The molecule has 1 saturated carbocycles. The van der Waals surface area contributed by atoms with Crippen LogP contribution < -0.4 is 0 Å². The van der Waals surface area contributed by atoms with Crippen molar-refractivity contribution in [3.05, 3.63) is 83.9 Å². The zero-order chi connectivity index (χ0) is 28.3. The van der Waals surface area contributed by atoms with Crippen molar-refractivity contribution in [1.29, 1.82) is 0 Å². The first-order valence-electron chi connectivity index (χ1n) is 13.9. The lowest BCUT2D eigenvalue weighted by Crippen LogP contribution is -2.32. The Labute approximate surface area is 231 Å². The van der Waals surface area contributed by atoms with Gasteiger partial charge in [0.2, 0.25) is 5.91 Å². The van der Waals surface area contributed by atoms with Gasteiger partial charge in [-0.25, -0.2) is 4.98 Å². The molecule has 3 aromatic rings. The van der Waals surface area contributed by atoms with E-state index < -0.39 is 23.1 Å².